The number of carbonyl (C=O) groups is 1. The van der Waals surface area contributed by atoms with Crippen molar-refractivity contribution in [1.82, 2.24) is 4.90 Å². The molecule has 1 amide bonds. The molecule has 0 saturated carbocycles. The molecule has 1 unspecified atom stereocenters. The minimum atomic E-state index is -0.490. The molecule has 0 aromatic heterocycles. The molecule has 0 bridgehead atoms. The number of nitrogens with zero attached hydrogens (tertiary/aromatic N) is 1. The number of rotatable bonds is 4. The molecule has 1 aromatic carbocycles. The van der Waals surface area contributed by atoms with Crippen LogP contribution >= 0.6 is 24.0 Å². The van der Waals surface area contributed by atoms with Crippen LogP contribution in [-0.2, 0) is 9.53 Å². The normalized spacial score (nSPS) is 19.4. The maximum atomic E-state index is 13.2. The molecule has 1 aliphatic heterocycles. The first-order valence-corrected chi connectivity index (χ1v) is 7.87. The first-order chi connectivity index (χ1) is 10.4. The summed E-state index contributed by atoms with van der Waals surface area (Å²) in [7, 11) is 0. The van der Waals surface area contributed by atoms with Gasteiger partial charge in [-0.15, -0.1) is 12.4 Å². The van der Waals surface area contributed by atoms with Gasteiger partial charge in [0.05, 0.1) is 24.2 Å². The molecule has 130 valence electrons. The Balaban J connectivity index is 0.00000264. The van der Waals surface area contributed by atoms with Gasteiger partial charge >= 0.3 is 0 Å². The Labute approximate surface area is 147 Å². The molecular weight excluding hydrogens is 342 g/mol. The van der Waals surface area contributed by atoms with Crippen molar-refractivity contribution in [1.29, 1.82) is 0 Å². The summed E-state index contributed by atoms with van der Waals surface area (Å²) >= 11 is 5.81. The molecule has 4 nitrogen and oxygen atoms in total. The zero-order chi connectivity index (χ0) is 16.3. The van der Waals surface area contributed by atoms with Crippen LogP contribution < -0.4 is 5.73 Å². The highest BCUT2D eigenvalue weighted by Gasteiger charge is 2.29. The second-order valence-corrected chi connectivity index (χ2v) is 6.46. The maximum Gasteiger partial charge on any atom is 0.239 e. The molecule has 7 heteroatoms. The Kier molecular flexibility index (Phi) is 7.74. The molecule has 0 aliphatic carbocycles. The van der Waals surface area contributed by atoms with E-state index in [-0.39, 0.29) is 29.4 Å². The van der Waals surface area contributed by atoms with Gasteiger partial charge in [0.1, 0.15) is 11.9 Å². The minimum absolute atomic E-state index is 0. The van der Waals surface area contributed by atoms with Crippen LogP contribution in [0, 0.1) is 11.7 Å². The fourth-order valence-corrected chi connectivity index (χ4v) is 2.80. The van der Waals surface area contributed by atoms with E-state index in [9.17, 15) is 9.18 Å². The van der Waals surface area contributed by atoms with Gasteiger partial charge in [0.2, 0.25) is 5.91 Å². The highest BCUT2D eigenvalue weighted by Crippen LogP contribution is 2.26. The lowest BCUT2D eigenvalue weighted by atomic mass is 10.0. The van der Waals surface area contributed by atoms with Crippen molar-refractivity contribution in [2.45, 2.75) is 32.4 Å². The van der Waals surface area contributed by atoms with Crippen LogP contribution in [0.15, 0.2) is 18.2 Å². The van der Waals surface area contributed by atoms with Crippen molar-refractivity contribution in [2.75, 3.05) is 19.7 Å². The van der Waals surface area contributed by atoms with Crippen LogP contribution in [0.3, 0.4) is 0 Å². The summed E-state index contributed by atoms with van der Waals surface area (Å²) in [5.74, 6) is -0.157. The van der Waals surface area contributed by atoms with E-state index in [2.05, 4.69) is 0 Å². The summed E-state index contributed by atoms with van der Waals surface area (Å²) in [6.07, 6.45) is 0.352. The van der Waals surface area contributed by atoms with Crippen molar-refractivity contribution in [2.24, 2.45) is 11.7 Å². The van der Waals surface area contributed by atoms with E-state index in [1.54, 1.807) is 17.0 Å². The van der Waals surface area contributed by atoms with Gasteiger partial charge in [-0.05, 0) is 30.0 Å². The van der Waals surface area contributed by atoms with E-state index < -0.39 is 11.9 Å². The van der Waals surface area contributed by atoms with Gasteiger partial charge in [-0.2, -0.15) is 0 Å². The SMILES string of the molecule is CC(C)C[C@H](N)C(=O)N1CCOC(c2ccc(F)c(Cl)c2)C1.Cl. The van der Waals surface area contributed by atoms with Crippen molar-refractivity contribution < 1.29 is 13.9 Å². The van der Waals surface area contributed by atoms with Crippen LogP contribution in [0.25, 0.3) is 0 Å². The first-order valence-electron chi connectivity index (χ1n) is 7.49. The number of morpholine rings is 1. The Bertz CT molecular complexity index is 543. The Morgan fingerprint density at radius 2 is 2.22 bits per heavy atom. The largest absolute Gasteiger partial charge is 0.370 e. The highest BCUT2D eigenvalue weighted by molar-refractivity contribution is 6.30. The zero-order valence-electron chi connectivity index (χ0n) is 13.3. The predicted molar refractivity (Wildman–Crippen MR) is 91.4 cm³/mol. The van der Waals surface area contributed by atoms with Crippen LogP contribution in [-0.4, -0.2) is 36.5 Å². The molecule has 2 rings (SSSR count). The molecule has 0 radical (unpaired) electrons. The van der Waals surface area contributed by atoms with Crippen LogP contribution in [0.1, 0.15) is 31.9 Å². The molecule has 23 heavy (non-hydrogen) atoms. The lowest BCUT2D eigenvalue weighted by molar-refractivity contribution is -0.140. The summed E-state index contributed by atoms with van der Waals surface area (Å²) in [6, 6.07) is 4.00. The first kappa shape index (κ1) is 20.2. The minimum Gasteiger partial charge on any atom is -0.370 e. The average molecular weight is 365 g/mol. The third kappa shape index (κ3) is 5.31. The lowest BCUT2D eigenvalue weighted by Gasteiger charge is -2.35. The van der Waals surface area contributed by atoms with Gasteiger partial charge in [-0.1, -0.05) is 31.5 Å². The molecule has 2 atom stereocenters. The van der Waals surface area contributed by atoms with E-state index >= 15 is 0 Å². The van der Waals surface area contributed by atoms with Crippen LogP contribution in [0.5, 0.6) is 0 Å². The predicted octanol–water partition coefficient (Wildman–Crippen LogP) is 3.17. The molecule has 1 heterocycles. The lowest BCUT2D eigenvalue weighted by Crippen LogP contribution is -2.49. The van der Waals surface area contributed by atoms with Crippen molar-refractivity contribution in [3.63, 3.8) is 0 Å². The molecule has 2 N–H and O–H groups in total. The third-order valence-corrected chi connectivity index (χ3v) is 4.03. The summed E-state index contributed by atoms with van der Waals surface area (Å²) in [6.45, 7) is 5.44. The maximum absolute atomic E-state index is 13.2. The summed E-state index contributed by atoms with van der Waals surface area (Å²) < 4.78 is 18.9. The molecule has 1 aromatic rings. The topological polar surface area (TPSA) is 55.6 Å². The highest BCUT2D eigenvalue weighted by atomic mass is 35.5. The van der Waals surface area contributed by atoms with Crippen molar-refractivity contribution >= 4 is 29.9 Å². The quantitative estimate of drug-likeness (QED) is 0.892. The number of nitrogens with two attached hydrogens (primary N) is 1. The van der Waals surface area contributed by atoms with Gasteiger partial charge in [0, 0.05) is 6.54 Å². The molecular formula is C16H23Cl2FN2O2. The van der Waals surface area contributed by atoms with Crippen LogP contribution in [0.2, 0.25) is 5.02 Å². The van der Waals surface area contributed by atoms with Crippen molar-refractivity contribution in [3.05, 3.63) is 34.6 Å². The van der Waals surface area contributed by atoms with Crippen molar-refractivity contribution in [3.8, 4) is 0 Å². The average Bonchev–Trinajstić information content (AvgIpc) is 2.48. The molecule has 1 saturated heterocycles. The Hall–Kier alpha value is -0.880. The summed E-state index contributed by atoms with van der Waals surface area (Å²) in [5, 5.41) is 0.0565. The smallest absolute Gasteiger partial charge is 0.239 e. The number of hydrogen-bond acceptors (Lipinski definition) is 3. The molecule has 1 fully saturated rings. The third-order valence-electron chi connectivity index (χ3n) is 3.74. The second-order valence-electron chi connectivity index (χ2n) is 6.05. The fourth-order valence-electron chi connectivity index (χ4n) is 2.61. The number of amides is 1. The van der Waals surface area contributed by atoms with Gasteiger partial charge in [-0.25, -0.2) is 4.39 Å². The van der Waals surface area contributed by atoms with Gasteiger partial charge in [0.25, 0.3) is 0 Å². The van der Waals surface area contributed by atoms with E-state index in [0.29, 0.717) is 32.0 Å². The van der Waals surface area contributed by atoms with E-state index in [4.69, 9.17) is 22.1 Å². The number of benzene rings is 1. The number of halogens is 3. The van der Waals surface area contributed by atoms with Gasteiger partial charge in [-0.3, -0.25) is 4.79 Å². The van der Waals surface area contributed by atoms with E-state index in [1.807, 2.05) is 13.8 Å². The number of ether oxygens (including phenoxy) is 1. The van der Waals surface area contributed by atoms with Gasteiger partial charge < -0.3 is 15.4 Å². The molecule has 0 spiro atoms. The summed E-state index contributed by atoms with van der Waals surface area (Å²) in [5.41, 5.74) is 6.74. The van der Waals surface area contributed by atoms with Crippen LogP contribution in [0.4, 0.5) is 4.39 Å². The number of carbonyl (C=O) groups excluding carboxylic acids is 1. The Morgan fingerprint density at radius 1 is 1.52 bits per heavy atom. The zero-order valence-corrected chi connectivity index (χ0v) is 14.9. The standard InChI is InChI=1S/C16H22ClFN2O2.ClH/c1-10(2)7-14(19)16(21)20-5-6-22-15(9-20)11-3-4-13(18)12(17)8-11;/h3-4,8,10,14-15H,5-7,9,19H2,1-2H3;1H/t14-,15?;/m0./s1. The Morgan fingerprint density at radius 3 is 2.83 bits per heavy atom. The van der Waals surface area contributed by atoms with E-state index in [0.717, 1.165) is 5.56 Å². The van der Waals surface area contributed by atoms with E-state index in [1.165, 1.54) is 6.07 Å². The second kappa shape index (κ2) is 8.83. The monoisotopic (exact) mass is 364 g/mol. The number of hydrogen-bond donors (Lipinski definition) is 1. The van der Waals surface area contributed by atoms with Gasteiger partial charge in [0.15, 0.2) is 0 Å². The fraction of sp³-hybridized carbons (Fsp3) is 0.562. The summed E-state index contributed by atoms with van der Waals surface area (Å²) in [4.78, 5) is 14.1. The molecule has 1 aliphatic rings.